The first-order valence-corrected chi connectivity index (χ1v) is 8.67. The predicted molar refractivity (Wildman–Crippen MR) is 106 cm³/mol. The summed E-state index contributed by atoms with van der Waals surface area (Å²) in [5.41, 5.74) is 2.28. The Kier molecular flexibility index (Phi) is 6.91. The second-order valence-electron chi connectivity index (χ2n) is 6.27. The number of guanidine groups is 1. The van der Waals surface area contributed by atoms with E-state index in [1.54, 1.807) is 24.3 Å². The molecule has 3 N–H and O–H groups in total. The zero-order valence-electron chi connectivity index (χ0n) is 15.3. The van der Waals surface area contributed by atoms with Crippen LogP contribution in [0.25, 0.3) is 0 Å². The monoisotopic (exact) mass is 374 g/mol. The number of aryl methyl sites for hydroxylation is 2. The highest BCUT2D eigenvalue weighted by molar-refractivity contribution is 6.30. The number of aliphatic imine (C=N–C) groups is 1. The first kappa shape index (κ1) is 19.7. The maximum atomic E-state index is 12.3. The molecule has 1 heterocycles. The van der Waals surface area contributed by atoms with Gasteiger partial charge in [-0.15, -0.1) is 0 Å². The van der Waals surface area contributed by atoms with Crippen LogP contribution in [-0.4, -0.2) is 28.5 Å². The molecule has 0 aliphatic carbocycles. The molecule has 0 fully saturated rings. The number of nitrogens with one attached hydrogen (secondary N) is 3. The fraction of sp³-hybridized carbons (Fsp3) is 0.333. The van der Waals surface area contributed by atoms with E-state index in [0.717, 1.165) is 11.4 Å². The van der Waals surface area contributed by atoms with Crippen molar-refractivity contribution in [3.63, 3.8) is 0 Å². The Morgan fingerprint density at radius 1 is 1.12 bits per heavy atom. The molecule has 138 valence electrons. The standard InChI is InChI=1S/C18H23ClN6O/c1-11(2)10-20-16(24-17-21-12(3)9-13(4)22-17)25-18(26)23-15-7-5-14(19)6-8-15/h5-9,11H,10H2,1-4H3,(H3,20,21,22,23,24,25,26). The van der Waals surface area contributed by atoms with E-state index in [4.69, 9.17) is 11.6 Å². The second-order valence-corrected chi connectivity index (χ2v) is 6.70. The minimum atomic E-state index is -0.424. The Bertz CT molecular complexity index is 769. The molecule has 1 aromatic heterocycles. The Balaban J connectivity index is 2.09. The van der Waals surface area contributed by atoms with Crippen molar-refractivity contribution in [3.8, 4) is 0 Å². The minimum Gasteiger partial charge on any atom is -0.308 e. The molecule has 1 aromatic carbocycles. The van der Waals surface area contributed by atoms with Crippen molar-refractivity contribution in [2.45, 2.75) is 27.7 Å². The summed E-state index contributed by atoms with van der Waals surface area (Å²) in [7, 11) is 0. The molecule has 2 amide bonds. The van der Waals surface area contributed by atoms with Crippen molar-refractivity contribution < 1.29 is 4.79 Å². The van der Waals surface area contributed by atoms with Crippen molar-refractivity contribution >= 4 is 35.2 Å². The summed E-state index contributed by atoms with van der Waals surface area (Å²) >= 11 is 5.85. The number of hydrogen-bond donors (Lipinski definition) is 3. The third-order valence-corrected chi connectivity index (χ3v) is 3.41. The van der Waals surface area contributed by atoms with Crippen LogP contribution in [0.4, 0.5) is 16.4 Å². The fourth-order valence-electron chi connectivity index (χ4n) is 2.08. The van der Waals surface area contributed by atoms with E-state index < -0.39 is 6.03 Å². The Morgan fingerprint density at radius 3 is 2.31 bits per heavy atom. The summed E-state index contributed by atoms with van der Waals surface area (Å²) in [6.45, 7) is 8.40. The van der Waals surface area contributed by atoms with Crippen LogP contribution >= 0.6 is 11.6 Å². The van der Waals surface area contributed by atoms with Gasteiger partial charge in [0.1, 0.15) is 0 Å². The van der Waals surface area contributed by atoms with E-state index in [-0.39, 0.29) is 5.96 Å². The second kappa shape index (κ2) is 9.15. The lowest BCUT2D eigenvalue weighted by Gasteiger charge is -2.13. The van der Waals surface area contributed by atoms with Gasteiger partial charge in [-0.2, -0.15) is 0 Å². The molecule has 0 bridgehead atoms. The van der Waals surface area contributed by atoms with Gasteiger partial charge in [0.05, 0.1) is 0 Å². The van der Waals surface area contributed by atoms with Gasteiger partial charge in [0.25, 0.3) is 0 Å². The number of urea groups is 1. The van der Waals surface area contributed by atoms with E-state index in [2.05, 4.69) is 30.9 Å². The fourth-order valence-corrected chi connectivity index (χ4v) is 2.20. The summed E-state index contributed by atoms with van der Waals surface area (Å²) in [6, 6.07) is 8.28. The van der Waals surface area contributed by atoms with Crippen molar-refractivity contribution in [2.75, 3.05) is 17.2 Å². The van der Waals surface area contributed by atoms with Crippen LogP contribution in [0.15, 0.2) is 35.3 Å². The van der Waals surface area contributed by atoms with Crippen LogP contribution in [0.3, 0.4) is 0 Å². The minimum absolute atomic E-state index is 0.287. The Labute approximate surface area is 158 Å². The number of amides is 2. The van der Waals surface area contributed by atoms with E-state index in [1.165, 1.54) is 0 Å². The van der Waals surface area contributed by atoms with Crippen LogP contribution in [-0.2, 0) is 0 Å². The number of halogens is 1. The van der Waals surface area contributed by atoms with Gasteiger partial charge in [-0.25, -0.2) is 14.8 Å². The molecule has 0 saturated heterocycles. The van der Waals surface area contributed by atoms with Gasteiger partial charge in [0, 0.05) is 28.6 Å². The van der Waals surface area contributed by atoms with Gasteiger partial charge in [-0.05, 0) is 50.1 Å². The number of aromatic nitrogens is 2. The van der Waals surface area contributed by atoms with Gasteiger partial charge < -0.3 is 5.32 Å². The van der Waals surface area contributed by atoms with Crippen LogP contribution in [0, 0.1) is 19.8 Å². The van der Waals surface area contributed by atoms with Gasteiger partial charge >= 0.3 is 6.03 Å². The average molecular weight is 375 g/mol. The maximum Gasteiger partial charge on any atom is 0.326 e. The predicted octanol–water partition coefficient (Wildman–Crippen LogP) is 3.99. The maximum absolute atomic E-state index is 12.3. The number of nitrogens with zero attached hydrogens (tertiary/aromatic N) is 3. The quantitative estimate of drug-likeness (QED) is 0.557. The number of benzene rings is 1. The van der Waals surface area contributed by atoms with E-state index >= 15 is 0 Å². The van der Waals surface area contributed by atoms with Crippen molar-refractivity contribution in [1.29, 1.82) is 0 Å². The van der Waals surface area contributed by atoms with Crippen molar-refractivity contribution in [3.05, 3.63) is 46.7 Å². The summed E-state index contributed by atoms with van der Waals surface area (Å²) < 4.78 is 0. The van der Waals surface area contributed by atoms with E-state index in [0.29, 0.717) is 29.1 Å². The molecule has 0 saturated carbocycles. The molecule has 0 aliphatic rings. The lowest BCUT2D eigenvalue weighted by Crippen LogP contribution is -2.39. The molecule has 2 rings (SSSR count). The van der Waals surface area contributed by atoms with Crippen molar-refractivity contribution in [2.24, 2.45) is 10.9 Å². The first-order chi connectivity index (χ1) is 12.3. The number of rotatable bonds is 4. The van der Waals surface area contributed by atoms with Crippen LogP contribution in [0.5, 0.6) is 0 Å². The average Bonchev–Trinajstić information content (AvgIpc) is 2.54. The summed E-state index contributed by atoms with van der Waals surface area (Å²) in [4.78, 5) is 25.3. The third kappa shape index (κ3) is 6.68. The molecular formula is C18H23ClN6O. The molecule has 0 unspecified atom stereocenters. The largest absolute Gasteiger partial charge is 0.326 e. The van der Waals surface area contributed by atoms with Crippen molar-refractivity contribution in [1.82, 2.24) is 15.3 Å². The van der Waals surface area contributed by atoms with Gasteiger partial charge in [0.15, 0.2) is 0 Å². The molecule has 0 atom stereocenters. The van der Waals surface area contributed by atoms with Crippen LogP contribution in [0.1, 0.15) is 25.2 Å². The topological polar surface area (TPSA) is 91.3 Å². The van der Waals surface area contributed by atoms with Crippen LogP contribution < -0.4 is 16.0 Å². The molecule has 0 radical (unpaired) electrons. The lowest BCUT2D eigenvalue weighted by molar-refractivity contribution is 0.256. The zero-order chi connectivity index (χ0) is 19.1. The number of anilines is 2. The summed E-state index contributed by atoms with van der Waals surface area (Å²) in [6.07, 6.45) is 0. The number of hydrogen-bond acceptors (Lipinski definition) is 4. The van der Waals surface area contributed by atoms with Gasteiger partial charge in [-0.3, -0.25) is 15.6 Å². The van der Waals surface area contributed by atoms with E-state index in [9.17, 15) is 4.79 Å². The number of carbonyl (C=O) groups excluding carboxylic acids is 1. The molecule has 7 nitrogen and oxygen atoms in total. The summed E-state index contributed by atoms with van der Waals surface area (Å²) in [5, 5.41) is 9.00. The summed E-state index contributed by atoms with van der Waals surface area (Å²) in [5.74, 6) is 1.01. The van der Waals surface area contributed by atoms with E-state index in [1.807, 2.05) is 33.8 Å². The number of carbonyl (C=O) groups is 1. The molecule has 2 aromatic rings. The first-order valence-electron chi connectivity index (χ1n) is 8.29. The molecule has 26 heavy (non-hydrogen) atoms. The molecule has 0 aliphatic heterocycles. The smallest absolute Gasteiger partial charge is 0.308 e. The SMILES string of the molecule is Cc1cc(C)nc(NC(=NCC(C)C)NC(=O)Nc2ccc(Cl)cc2)n1. The highest BCUT2D eigenvalue weighted by atomic mass is 35.5. The lowest BCUT2D eigenvalue weighted by atomic mass is 10.2. The highest BCUT2D eigenvalue weighted by Crippen LogP contribution is 2.13. The highest BCUT2D eigenvalue weighted by Gasteiger charge is 2.09. The Morgan fingerprint density at radius 2 is 1.73 bits per heavy atom. The normalized spacial score (nSPS) is 11.4. The third-order valence-electron chi connectivity index (χ3n) is 3.16. The van der Waals surface area contributed by atoms with Gasteiger partial charge in [0.2, 0.25) is 11.9 Å². The molecule has 8 heteroatoms. The van der Waals surface area contributed by atoms with Gasteiger partial charge in [-0.1, -0.05) is 25.4 Å². The molecular weight excluding hydrogens is 352 g/mol. The van der Waals surface area contributed by atoms with Crippen LogP contribution in [0.2, 0.25) is 5.02 Å². The molecule has 0 spiro atoms. The Hall–Kier alpha value is -2.67. The zero-order valence-corrected chi connectivity index (χ0v) is 16.1.